The summed E-state index contributed by atoms with van der Waals surface area (Å²) in [7, 11) is 0. The van der Waals surface area contributed by atoms with Crippen LogP contribution in [0, 0.1) is 6.92 Å². The summed E-state index contributed by atoms with van der Waals surface area (Å²) in [6.07, 6.45) is -0.415. The second kappa shape index (κ2) is 5.18. The van der Waals surface area contributed by atoms with Gasteiger partial charge in [-0.05, 0) is 19.1 Å². The molecule has 5 nitrogen and oxygen atoms in total. The molecule has 2 amide bonds. The van der Waals surface area contributed by atoms with Gasteiger partial charge in [-0.15, -0.1) is 0 Å². The summed E-state index contributed by atoms with van der Waals surface area (Å²) in [5.74, 6) is -0.422. The topological polar surface area (TPSA) is 69.6 Å². The molecule has 2 N–H and O–H groups in total. The van der Waals surface area contributed by atoms with Crippen LogP contribution in [-0.4, -0.2) is 47.6 Å². The third-order valence-corrected chi connectivity index (χ3v) is 2.90. The van der Waals surface area contributed by atoms with Gasteiger partial charge in [0.2, 0.25) is 5.91 Å². The molecule has 1 aromatic rings. The summed E-state index contributed by atoms with van der Waals surface area (Å²) >= 11 is 0. The van der Waals surface area contributed by atoms with Crippen molar-refractivity contribution in [3.05, 3.63) is 35.4 Å². The number of hydrogen-bond donors (Lipinski definition) is 2. The molecule has 0 radical (unpaired) electrons. The Morgan fingerprint density at radius 2 is 2.17 bits per heavy atom. The lowest BCUT2D eigenvalue weighted by atomic mass is 10.1. The summed E-state index contributed by atoms with van der Waals surface area (Å²) in [5, 5.41) is 11.7. The molecule has 2 rings (SSSR count). The van der Waals surface area contributed by atoms with E-state index in [9.17, 15) is 9.59 Å². The molecule has 18 heavy (non-hydrogen) atoms. The highest BCUT2D eigenvalue weighted by atomic mass is 16.3. The smallest absolute Gasteiger partial charge is 0.251 e. The monoisotopic (exact) mass is 248 g/mol. The van der Waals surface area contributed by atoms with E-state index in [4.69, 9.17) is 5.11 Å². The normalized spacial score (nSPS) is 15.1. The van der Waals surface area contributed by atoms with Crippen molar-refractivity contribution in [3.63, 3.8) is 0 Å². The summed E-state index contributed by atoms with van der Waals surface area (Å²) in [5.41, 5.74) is 1.55. The van der Waals surface area contributed by atoms with E-state index in [0.29, 0.717) is 18.7 Å². The van der Waals surface area contributed by atoms with Crippen LogP contribution in [0.5, 0.6) is 0 Å². The molecule has 1 saturated heterocycles. The van der Waals surface area contributed by atoms with Gasteiger partial charge in [0.05, 0.1) is 12.6 Å². The van der Waals surface area contributed by atoms with E-state index in [1.165, 1.54) is 4.90 Å². The van der Waals surface area contributed by atoms with Gasteiger partial charge in [0.1, 0.15) is 0 Å². The number of carbonyl (C=O) groups excluding carboxylic acids is 2. The van der Waals surface area contributed by atoms with Crippen molar-refractivity contribution in [1.82, 2.24) is 10.2 Å². The Morgan fingerprint density at radius 3 is 2.78 bits per heavy atom. The van der Waals surface area contributed by atoms with Gasteiger partial charge in [0.15, 0.2) is 0 Å². The van der Waals surface area contributed by atoms with Crippen LogP contribution in [0.4, 0.5) is 0 Å². The zero-order valence-electron chi connectivity index (χ0n) is 10.2. The second-order valence-electron chi connectivity index (χ2n) is 4.50. The van der Waals surface area contributed by atoms with Crippen LogP contribution < -0.4 is 5.32 Å². The number of hydrogen-bond acceptors (Lipinski definition) is 3. The van der Waals surface area contributed by atoms with Gasteiger partial charge in [0.25, 0.3) is 5.91 Å². The Morgan fingerprint density at radius 1 is 1.44 bits per heavy atom. The number of aryl methyl sites for hydroxylation is 1. The van der Waals surface area contributed by atoms with Crippen LogP contribution >= 0.6 is 0 Å². The molecule has 1 aliphatic heterocycles. The molecule has 1 heterocycles. The van der Waals surface area contributed by atoms with Gasteiger partial charge < -0.3 is 15.3 Å². The van der Waals surface area contributed by atoms with Gasteiger partial charge >= 0.3 is 0 Å². The van der Waals surface area contributed by atoms with E-state index in [1.807, 2.05) is 13.0 Å². The van der Waals surface area contributed by atoms with Crippen molar-refractivity contribution >= 4 is 11.8 Å². The molecule has 0 aromatic heterocycles. The predicted molar refractivity (Wildman–Crippen MR) is 66.1 cm³/mol. The zero-order valence-corrected chi connectivity index (χ0v) is 10.2. The maximum atomic E-state index is 11.8. The maximum Gasteiger partial charge on any atom is 0.251 e. The maximum absolute atomic E-state index is 11.8. The number of nitrogens with one attached hydrogen (secondary N) is 1. The van der Waals surface area contributed by atoms with Crippen LogP contribution in [0.25, 0.3) is 0 Å². The number of rotatable bonds is 3. The first kappa shape index (κ1) is 12.6. The number of β-amino-alcohol motifs (C(OH)–C–C–N with tert-alkyl or cyclic N) is 1. The molecule has 0 atom stereocenters. The molecule has 0 saturated carbocycles. The number of nitrogens with zero attached hydrogens (tertiary/aromatic N) is 1. The number of aliphatic hydroxyl groups is 1. The first-order valence-corrected chi connectivity index (χ1v) is 5.87. The molecule has 0 aliphatic carbocycles. The highest BCUT2D eigenvalue weighted by Crippen LogP contribution is 2.07. The van der Waals surface area contributed by atoms with Gasteiger partial charge in [-0.25, -0.2) is 0 Å². The van der Waals surface area contributed by atoms with Crippen LogP contribution in [-0.2, 0) is 4.79 Å². The highest BCUT2D eigenvalue weighted by Gasteiger charge is 2.28. The number of carbonyl (C=O) groups is 2. The summed E-state index contributed by atoms with van der Waals surface area (Å²) in [4.78, 5) is 24.9. The van der Waals surface area contributed by atoms with Crippen molar-refractivity contribution in [2.75, 3.05) is 19.6 Å². The van der Waals surface area contributed by atoms with Crippen LogP contribution in [0.2, 0.25) is 0 Å². The Balaban J connectivity index is 1.83. The first-order valence-electron chi connectivity index (χ1n) is 5.87. The zero-order chi connectivity index (χ0) is 13.1. The summed E-state index contributed by atoms with van der Waals surface area (Å²) in [6, 6.07) is 7.19. The third kappa shape index (κ3) is 2.87. The lowest BCUT2D eigenvalue weighted by molar-refractivity contribution is -0.140. The van der Waals surface area contributed by atoms with E-state index in [1.54, 1.807) is 18.2 Å². The molecular formula is C13H16N2O3. The van der Waals surface area contributed by atoms with Crippen molar-refractivity contribution in [2.45, 2.75) is 13.0 Å². The molecule has 1 fully saturated rings. The van der Waals surface area contributed by atoms with E-state index in [2.05, 4.69) is 5.32 Å². The number of benzene rings is 1. The molecule has 0 bridgehead atoms. The van der Waals surface area contributed by atoms with Gasteiger partial charge in [-0.3, -0.25) is 9.59 Å². The minimum atomic E-state index is -0.415. The van der Waals surface area contributed by atoms with Gasteiger partial charge in [-0.1, -0.05) is 17.7 Å². The highest BCUT2D eigenvalue weighted by molar-refractivity contribution is 5.96. The average molecular weight is 248 g/mol. The summed E-state index contributed by atoms with van der Waals surface area (Å²) < 4.78 is 0. The molecule has 5 heteroatoms. The number of likely N-dealkylation sites (tertiary alicyclic amines) is 1. The molecule has 96 valence electrons. The van der Waals surface area contributed by atoms with Gasteiger partial charge in [0, 0.05) is 18.7 Å². The van der Waals surface area contributed by atoms with Crippen molar-refractivity contribution < 1.29 is 14.7 Å². The van der Waals surface area contributed by atoms with E-state index in [-0.39, 0.29) is 18.4 Å². The molecule has 0 spiro atoms. The average Bonchev–Trinajstić information content (AvgIpc) is 2.31. The molecule has 1 aliphatic rings. The van der Waals surface area contributed by atoms with Crippen molar-refractivity contribution in [1.29, 1.82) is 0 Å². The minimum absolute atomic E-state index is 0.0283. The van der Waals surface area contributed by atoms with E-state index >= 15 is 0 Å². The fraction of sp³-hybridized carbons (Fsp3) is 0.385. The Hall–Kier alpha value is -1.88. The fourth-order valence-corrected chi connectivity index (χ4v) is 1.82. The fourth-order valence-electron chi connectivity index (χ4n) is 1.82. The van der Waals surface area contributed by atoms with Crippen molar-refractivity contribution in [2.24, 2.45) is 0 Å². The van der Waals surface area contributed by atoms with Crippen LogP contribution in [0.1, 0.15) is 15.9 Å². The second-order valence-corrected chi connectivity index (χ2v) is 4.50. The lowest BCUT2D eigenvalue weighted by Gasteiger charge is -2.35. The Labute approximate surface area is 105 Å². The quantitative estimate of drug-likeness (QED) is 0.786. The lowest BCUT2D eigenvalue weighted by Crippen LogP contribution is -2.55. The van der Waals surface area contributed by atoms with E-state index < -0.39 is 6.10 Å². The Kier molecular flexibility index (Phi) is 3.62. The third-order valence-electron chi connectivity index (χ3n) is 2.90. The molecule has 1 aromatic carbocycles. The van der Waals surface area contributed by atoms with Crippen LogP contribution in [0.3, 0.4) is 0 Å². The largest absolute Gasteiger partial charge is 0.389 e. The Bertz CT molecular complexity index is 467. The molecular weight excluding hydrogens is 232 g/mol. The molecule has 0 unspecified atom stereocenters. The van der Waals surface area contributed by atoms with Crippen LogP contribution in [0.15, 0.2) is 24.3 Å². The predicted octanol–water partition coefficient (Wildman–Crippen LogP) is -0.0721. The number of amides is 2. The SMILES string of the molecule is Cc1cccc(C(=O)NCC(=O)N2CC(O)C2)c1. The standard InChI is InChI=1S/C13H16N2O3/c1-9-3-2-4-10(5-9)13(18)14-6-12(17)15-7-11(16)8-15/h2-5,11,16H,6-8H2,1H3,(H,14,18). The first-order chi connectivity index (χ1) is 8.56. The summed E-state index contributed by atoms with van der Waals surface area (Å²) in [6.45, 7) is 2.60. The van der Waals surface area contributed by atoms with Gasteiger partial charge in [-0.2, -0.15) is 0 Å². The van der Waals surface area contributed by atoms with E-state index in [0.717, 1.165) is 5.56 Å². The minimum Gasteiger partial charge on any atom is -0.389 e. The van der Waals surface area contributed by atoms with Crippen molar-refractivity contribution in [3.8, 4) is 0 Å². The number of aliphatic hydroxyl groups excluding tert-OH is 1.